The molecule has 0 atom stereocenters. The number of carbonyl (C=O) groups is 3. The van der Waals surface area contributed by atoms with Gasteiger partial charge in [-0.2, -0.15) is 0 Å². The Morgan fingerprint density at radius 2 is 1.44 bits per heavy atom. The van der Waals surface area contributed by atoms with Gasteiger partial charge in [-0.3, -0.25) is 0 Å². The van der Waals surface area contributed by atoms with E-state index in [0.29, 0.717) is 0 Å². The molecule has 128 valence electrons. The van der Waals surface area contributed by atoms with E-state index in [9.17, 15) is 14.4 Å². The van der Waals surface area contributed by atoms with Gasteiger partial charge in [-0.15, -0.1) is 0 Å². The number of benzene rings is 2. The molecule has 0 spiro atoms. The van der Waals surface area contributed by atoms with Crippen LogP contribution < -0.4 is 0 Å². The Morgan fingerprint density at radius 3 is 2.00 bits per heavy atom. The molecule has 2 aromatic carbocycles. The summed E-state index contributed by atoms with van der Waals surface area (Å²) in [5.41, 5.74) is 1.46. The molecule has 0 amide bonds. The summed E-state index contributed by atoms with van der Waals surface area (Å²) in [5.74, 6) is -3.37. The summed E-state index contributed by atoms with van der Waals surface area (Å²) in [7, 11) is 0. The van der Waals surface area contributed by atoms with E-state index in [-0.39, 0.29) is 16.8 Å². The van der Waals surface area contributed by atoms with E-state index in [1.165, 1.54) is 12.1 Å². The van der Waals surface area contributed by atoms with E-state index < -0.39 is 17.9 Å². The molecule has 0 bridgehead atoms. The SMILES string of the molecule is Cc1ccc(C(=O)O)c(C(=O)O)c1.O=C(O)c1cc2ccccc2[nH]1. The summed E-state index contributed by atoms with van der Waals surface area (Å²) in [6.07, 6.45) is 0. The van der Waals surface area contributed by atoms with Gasteiger partial charge in [0.15, 0.2) is 0 Å². The van der Waals surface area contributed by atoms with Crippen molar-refractivity contribution in [3.8, 4) is 0 Å². The van der Waals surface area contributed by atoms with Crippen LogP contribution in [0.3, 0.4) is 0 Å². The standard InChI is InChI=1S/C9H7NO2.C9H8O4/c11-9(12)8-5-6-3-1-2-4-7(6)10-8;1-5-2-3-6(8(10)11)7(4-5)9(12)13/h1-5,10H,(H,11,12);2-4H,1H3,(H,10,11)(H,12,13). The molecule has 0 unspecified atom stereocenters. The summed E-state index contributed by atoms with van der Waals surface area (Å²) < 4.78 is 0. The largest absolute Gasteiger partial charge is 0.478 e. The molecule has 4 N–H and O–H groups in total. The zero-order valence-corrected chi connectivity index (χ0v) is 13.2. The van der Waals surface area contributed by atoms with Gasteiger partial charge in [0.25, 0.3) is 0 Å². The van der Waals surface area contributed by atoms with Gasteiger partial charge in [-0.05, 0) is 31.2 Å². The number of carboxylic acids is 3. The van der Waals surface area contributed by atoms with Crippen molar-refractivity contribution in [2.75, 3.05) is 0 Å². The third-order valence-corrected chi connectivity index (χ3v) is 3.40. The van der Waals surface area contributed by atoms with Crippen molar-refractivity contribution < 1.29 is 29.7 Å². The number of carboxylic acid groups (broad SMARTS) is 3. The van der Waals surface area contributed by atoms with Gasteiger partial charge in [-0.1, -0.05) is 29.8 Å². The first-order valence-corrected chi connectivity index (χ1v) is 7.18. The highest BCUT2D eigenvalue weighted by molar-refractivity contribution is 6.01. The predicted molar refractivity (Wildman–Crippen MR) is 90.4 cm³/mol. The van der Waals surface area contributed by atoms with Crippen molar-refractivity contribution in [2.45, 2.75) is 6.92 Å². The van der Waals surface area contributed by atoms with Crippen LogP contribution in [0.5, 0.6) is 0 Å². The molecule has 3 rings (SSSR count). The first-order chi connectivity index (χ1) is 11.8. The van der Waals surface area contributed by atoms with Gasteiger partial charge in [0.1, 0.15) is 5.69 Å². The summed E-state index contributed by atoms with van der Waals surface area (Å²) in [5, 5.41) is 26.9. The molecular weight excluding hydrogens is 326 g/mol. The molecule has 0 aliphatic rings. The molecule has 3 aromatic rings. The van der Waals surface area contributed by atoms with Crippen LogP contribution in [0.15, 0.2) is 48.5 Å². The third kappa shape index (κ3) is 4.23. The molecule has 0 aliphatic heterocycles. The number of para-hydroxylation sites is 1. The summed E-state index contributed by atoms with van der Waals surface area (Å²) in [6, 6.07) is 13.3. The van der Waals surface area contributed by atoms with Gasteiger partial charge in [-0.25, -0.2) is 14.4 Å². The van der Waals surface area contributed by atoms with E-state index in [1.54, 1.807) is 19.1 Å². The lowest BCUT2D eigenvalue weighted by atomic mass is 10.0. The molecule has 1 aromatic heterocycles. The van der Waals surface area contributed by atoms with Crippen molar-refractivity contribution in [3.05, 3.63) is 70.9 Å². The second-order valence-corrected chi connectivity index (χ2v) is 5.23. The predicted octanol–water partition coefficient (Wildman–Crippen LogP) is 3.26. The fourth-order valence-electron chi connectivity index (χ4n) is 2.21. The quantitative estimate of drug-likeness (QED) is 0.579. The van der Waals surface area contributed by atoms with Gasteiger partial charge in [0.2, 0.25) is 0 Å². The van der Waals surface area contributed by atoms with Crippen molar-refractivity contribution in [2.24, 2.45) is 0 Å². The second-order valence-electron chi connectivity index (χ2n) is 5.23. The fourth-order valence-corrected chi connectivity index (χ4v) is 2.21. The van der Waals surface area contributed by atoms with Crippen molar-refractivity contribution >= 4 is 28.8 Å². The number of aromatic amines is 1. The van der Waals surface area contributed by atoms with Gasteiger partial charge in [0.05, 0.1) is 11.1 Å². The Kier molecular flexibility index (Phi) is 5.18. The average molecular weight is 341 g/mol. The Hall–Kier alpha value is -3.61. The van der Waals surface area contributed by atoms with Crippen LogP contribution in [-0.4, -0.2) is 38.2 Å². The minimum atomic E-state index is -1.22. The maximum absolute atomic E-state index is 10.6. The lowest BCUT2D eigenvalue weighted by Crippen LogP contribution is -2.07. The zero-order valence-electron chi connectivity index (χ0n) is 13.2. The van der Waals surface area contributed by atoms with E-state index >= 15 is 0 Å². The second kappa shape index (κ2) is 7.31. The molecular formula is C18H15NO6. The minimum Gasteiger partial charge on any atom is -0.478 e. The highest BCUT2D eigenvalue weighted by atomic mass is 16.4. The summed E-state index contributed by atoms with van der Waals surface area (Å²) >= 11 is 0. The molecule has 7 nitrogen and oxygen atoms in total. The number of fused-ring (bicyclic) bond motifs is 1. The molecule has 25 heavy (non-hydrogen) atoms. The number of hydrogen-bond donors (Lipinski definition) is 4. The van der Waals surface area contributed by atoms with Crippen LogP contribution >= 0.6 is 0 Å². The molecule has 0 radical (unpaired) electrons. The minimum absolute atomic E-state index is 0.174. The smallest absolute Gasteiger partial charge is 0.352 e. The number of aromatic carboxylic acids is 3. The van der Waals surface area contributed by atoms with E-state index in [2.05, 4.69) is 4.98 Å². The topological polar surface area (TPSA) is 128 Å². The number of H-pyrrole nitrogens is 1. The number of hydrogen-bond acceptors (Lipinski definition) is 3. The van der Waals surface area contributed by atoms with E-state index in [0.717, 1.165) is 16.5 Å². The van der Waals surface area contributed by atoms with Crippen molar-refractivity contribution in [3.63, 3.8) is 0 Å². The first-order valence-electron chi connectivity index (χ1n) is 7.18. The lowest BCUT2D eigenvalue weighted by molar-refractivity contribution is 0.0651. The van der Waals surface area contributed by atoms with Crippen LogP contribution in [0.25, 0.3) is 10.9 Å². The number of rotatable bonds is 3. The zero-order chi connectivity index (χ0) is 18.6. The molecule has 0 fully saturated rings. The molecule has 0 aliphatic carbocycles. The molecule has 0 saturated carbocycles. The van der Waals surface area contributed by atoms with Crippen molar-refractivity contribution in [1.29, 1.82) is 0 Å². The summed E-state index contributed by atoms with van der Waals surface area (Å²) in [6.45, 7) is 1.71. The highest BCUT2D eigenvalue weighted by Gasteiger charge is 2.15. The number of nitrogens with one attached hydrogen (secondary N) is 1. The highest BCUT2D eigenvalue weighted by Crippen LogP contribution is 2.14. The van der Waals surface area contributed by atoms with E-state index in [1.807, 2.05) is 24.3 Å². The first kappa shape index (κ1) is 17.7. The average Bonchev–Trinajstić information content (AvgIpc) is 2.99. The van der Waals surface area contributed by atoms with Crippen LogP contribution in [0, 0.1) is 6.92 Å². The molecule has 1 heterocycles. The summed E-state index contributed by atoms with van der Waals surface area (Å²) in [4.78, 5) is 34.5. The van der Waals surface area contributed by atoms with Gasteiger partial charge < -0.3 is 20.3 Å². The molecule has 0 saturated heterocycles. The van der Waals surface area contributed by atoms with E-state index in [4.69, 9.17) is 15.3 Å². The maximum Gasteiger partial charge on any atom is 0.352 e. The van der Waals surface area contributed by atoms with Crippen LogP contribution in [-0.2, 0) is 0 Å². The Bertz CT molecular complexity index is 924. The monoisotopic (exact) mass is 341 g/mol. The van der Waals surface area contributed by atoms with Crippen LogP contribution in [0.4, 0.5) is 0 Å². The van der Waals surface area contributed by atoms with Gasteiger partial charge in [0, 0.05) is 10.9 Å². The van der Waals surface area contributed by atoms with Gasteiger partial charge >= 0.3 is 17.9 Å². The molecule has 7 heteroatoms. The Morgan fingerprint density at radius 1 is 0.800 bits per heavy atom. The normalized spacial score (nSPS) is 9.96. The maximum atomic E-state index is 10.6. The number of aromatic nitrogens is 1. The fraction of sp³-hybridized carbons (Fsp3) is 0.0556. The number of aryl methyl sites for hydroxylation is 1. The van der Waals surface area contributed by atoms with Crippen LogP contribution in [0.1, 0.15) is 36.8 Å². The Balaban J connectivity index is 0.000000181. The van der Waals surface area contributed by atoms with Crippen molar-refractivity contribution in [1.82, 2.24) is 4.98 Å². The third-order valence-electron chi connectivity index (χ3n) is 3.40. The van der Waals surface area contributed by atoms with Crippen LogP contribution in [0.2, 0.25) is 0 Å². The Labute approximate surface area is 142 Å². The lowest BCUT2D eigenvalue weighted by Gasteiger charge is -2.01.